The molecule has 0 bridgehead atoms. The van der Waals surface area contributed by atoms with Gasteiger partial charge in [0, 0.05) is 24.2 Å². The number of H-pyrrole nitrogens is 1. The van der Waals surface area contributed by atoms with Crippen LogP contribution in [0.1, 0.15) is 67.1 Å². The molecule has 3 aromatic rings. The van der Waals surface area contributed by atoms with Gasteiger partial charge in [-0.3, -0.25) is 29.4 Å². The predicted molar refractivity (Wildman–Crippen MR) is 136 cm³/mol. The Morgan fingerprint density at radius 3 is 2.51 bits per heavy atom. The number of para-hydroxylation sites is 2. The standard InChI is InChI=1S/C22H21N5O4.2C2H6/c1-27(18-8-9-19(29)26-21(18)30)11-14-10-15(7-6-13(14)12-28)23-22(31)20-24-16-4-2-3-5-17(16)25-20;2*1-2/h2-7,10,12,18H,8-9,11H2,1H3,(H,23,31)(H,24,25)(H,26,29,30);2*1-2H3. The minimum atomic E-state index is -0.467. The van der Waals surface area contributed by atoms with E-state index in [-0.39, 0.29) is 24.1 Å². The zero-order valence-electron chi connectivity index (χ0n) is 20.8. The number of benzene rings is 2. The monoisotopic (exact) mass is 479 g/mol. The fourth-order valence-corrected chi connectivity index (χ4v) is 3.67. The van der Waals surface area contributed by atoms with Crippen molar-refractivity contribution >= 4 is 40.7 Å². The highest BCUT2D eigenvalue weighted by molar-refractivity contribution is 6.03. The number of hydrogen-bond donors (Lipinski definition) is 3. The van der Waals surface area contributed by atoms with Crippen LogP contribution in [0.4, 0.5) is 5.69 Å². The molecule has 2 aromatic carbocycles. The minimum absolute atomic E-state index is 0.183. The van der Waals surface area contributed by atoms with Gasteiger partial charge in [-0.1, -0.05) is 39.8 Å². The summed E-state index contributed by atoms with van der Waals surface area (Å²) in [7, 11) is 1.76. The van der Waals surface area contributed by atoms with Crippen LogP contribution in [0.3, 0.4) is 0 Å². The van der Waals surface area contributed by atoms with Crippen molar-refractivity contribution in [1.82, 2.24) is 20.2 Å². The Morgan fingerprint density at radius 2 is 1.86 bits per heavy atom. The molecule has 186 valence electrons. The van der Waals surface area contributed by atoms with E-state index >= 15 is 0 Å². The normalized spacial score (nSPS) is 14.9. The van der Waals surface area contributed by atoms with Crippen molar-refractivity contribution < 1.29 is 19.2 Å². The number of fused-ring (bicyclic) bond motifs is 1. The number of piperidine rings is 1. The van der Waals surface area contributed by atoms with Crippen LogP contribution in [0.5, 0.6) is 0 Å². The third kappa shape index (κ3) is 6.83. The van der Waals surface area contributed by atoms with E-state index < -0.39 is 11.9 Å². The molecular weight excluding hydrogens is 446 g/mol. The van der Waals surface area contributed by atoms with Crippen LogP contribution in [0.2, 0.25) is 0 Å². The second kappa shape index (κ2) is 13.1. The predicted octanol–water partition coefficient (Wildman–Crippen LogP) is 3.92. The number of imide groups is 1. The molecule has 1 aromatic heterocycles. The summed E-state index contributed by atoms with van der Waals surface area (Å²) in [5.41, 5.74) is 3.07. The Balaban J connectivity index is 0.00000103. The molecule has 0 spiro atoms. The average Bonchev–Trinajstić information content (AvgIpc) is 3.31. The van der Waals surface area contributed by atoms with Gasteiger partial charge < -0.3 is 10.3 Å². The molecule has 3 N–H and O–H groups in total. The average molecular weight is 480 g/mol. The summed E-state index contributed by atoms with van der Waals surface area (Å²) < 4.78 is 0. The number of carbonyl (C=O) groups is 4. The third-order valence-corrected chi connectivity index (χ3v) is 5.29. The van der Waals surface area contributed by atoms with Crippen LogP contribution in [0.25, 0.3) is 11.0 Å². The zero-order valence-corrected chi connectivity index (χ0v) is 20.8. The van der Waals surface area contributed by atoms with Gasteiger partial charge in [-0.2, -0.15) is 0 Å². The minimum Gasteiger partial charge on any atom is -0.334 e. The van der Waals surface area contributed by atoms with Gasteiger partial charge >= 0.3 is 0 Å². The lowest BCUT2D eigenvalue weighted by Crippen LogP contribution is -2.51. The van der Waals surface area contributed by atoms with Crippen LogP contribution >= 0.6 is 0 Å². The Morgan fingerprint density at radius 1 is 1.14 bits per heavy atom. The first-order valence-electron chi connectivity index (χ1n) is 11.8. The first-order chi connectivity index (χ1) is 16.9. The largest absolute Gasteiger partial charge is 0.334 e. The summed E-state index contributed by atoms with van der Waals surface area (Å²) in [4.78, 5) is 56.7. The highest BCUT2D eigenvalue weighted by Gasteiger charge is 2.30. The van der Waals surface area contributed by atoms with Crippen molar-refractivity contribution in [3.05, 3.63) is 59.4 Å². The Kier molecular flexibility index (Phi) is 10.3. The molecule has 1 unspecified atom stereocenters. The zero-order chi connectivity index (χ0) is 26.0. The fraction of sp³-hybridized carbons (Fsp3) is 0.346. The molecular formula is C26H33N5O4. The summed E-state index contributed by atoms with van der Waals surface area (Å²) in [5, 5.41) is 5.12. The lowest BCUT2D eigenvalue weighted by molar-refractivity contribution is -0.137. The van der Waals surface area contributed by atoms with Crippen LogP contribution in [0.15, 0.2) is 42.5 Å². The van der Waals surface area contributed by atoms with Crippen molar-refractivity contribution in [2.75, 3.05) is 12.4 Å². The molecule has 35 heavy (non-hydrogen) atoms. The van der Waals surface area contributed by atoms with Gasteiger partial charge in [-0.15, -0.1) is 0 Å². The molecule has 3 amide bonds. The molecule has 2 heterocycles. The van der Waals surface area contributed by atoms with Crippen LogP contribution in [-0.4, -0.2) is 52.0 Å². The number of aldehydes is 1. The van der Waals surface area contributed by atoms with Crippen molar-refractivity contribution in [1.29, 1.82) is 0 Å². The van der Waals surface area contributed by atoms with E-state index in [1.165, 1.54) is 0 Å². The maximum Gasteiger partial charge on any atom is 0.291 e. The molecule has 9 nitrogen and oxygen atoms in total. The molecule has 1 atom stereocenters. The van der Waals surface area contributed by atoms with Crippen molar-refractivity contribution in [3.8, 4) is 0 Å². The number of anilines is 1. The first-order valence-corrected chi connectivity index (χ1v) is 11.8. The van der Waals surface area contributed by atoms with Gasteiger partial charge in [0.2, 0.25) is 11.8 Å². The summed E-state index contributed by atoms with van der Waals surface area (Å²) in [6, 6.07) is 11.8. The van der Waals surface area contributed by atoms with Gasteiger partial charge in [0.25, 0.3) is 5.91 Å². The molecule has 0 aliphatic carbocycles. The third-order valence-electron chi connectivity index (χ3n) is 5.29. The number of likely N-dealkylation sites (N-methyl/N-ethyl adjacent to an activating group) is 1. The number of aromatic nitrogens is 2. The number of imidazole rings is 1. The van der Waals surface area contributed by atoms with E-state index in [0.29, 0.717) is 35.3 Å². The number of amides is 3. The van der Waals surface area contributed by atoms with E-state index in [9.17, 15) is 19.2 Å². The van der Waals surface area contributed by atoms with Crippen molar-refractivity contribution in [2.45, 2.75) is 53.1 Å². The summed E-state index contributed by atoms with van der Waals surface area (Å²) in [6.07, 6.45) is 1.42. The SMILES string of the molecule is CC.CC.CN(Cc1cc(NC(=O)c2nc3ccccc3[nH]2)ccc1C=O)C1CCC(=O)NC1=O. The summed E-state index contributed by atoms with van der Waals surface area (Å²) in [5.74, 6) is -0.846. The van der Waals surface area contributed by atoms with Gasteiger partial charge in [0.1, 0.15) is 6.29 Å². The molecule has 4 rings (SSSR count). The van der Waals surface area contributed by atoms with Crippen LogP contribution < -0.4 is 10.6 Å². The van der Waals surface area contributed by atoms with E-state index in [2.05, 4.69) is 20.6 Å². The molecule has 1 aliphatic heterocycles. The van der Waals surface area contributed by atoms with E-state index in [1.807, 2.05) is 52.0 Å². The smallest absolute Gasteiger partial charge is 0.291 e. The summed E-state index contributed by atoms with van der Waals surface area (Å²) in [6.45, 7) is 8.30. The number of aromatic amines is 1. The van der Waals surface area contributed by atoms with Crippen molar-refractivity contribution in [2.24, 2.45) is 0 Å². The van der Waals surface area contributed by atoms with E-state index in [1.54, 1.807) is 30.1 Å². The van der Waals surface area contributed by atoms with Gasteiger partial charge in [0.15, 0.2) is 5.82 Å². The topological polar surface area (TPSA) is 124 Å². The molecule has 0 radical (unpaired) electrons. The number of nitrogens with one attached hydrogen (secondary N) is 3. The van der Waals surface area contributed by atoms with Gasteiger partial charge in [-0.25, -0.2) is 4.98 Å². The Bertz CT molecular complexity index is 1150. The molecule has 0 saturated carbocycles. The molecule has 1 fully saturated rings. The second-order valence-corrected chi connectivity index (χ2v) is 7.47. The molecule has 1 aliphatic rings. The molecule has 1 saturated heterocycles. The molecule has 9 heteroatoms. The quantitative estimate of drug-likeness (QED) is 0.364. The number of nitrogens with zero attached hydrogens (tertiary/aromatic N) is 2. The number of hydrogen-bond acceptors (Lipinski definition) is 6. The van der Waals surface area contributed by atoms with Crippen molar-refractivity contribution in [3.63, 3.8) is 0 Å². The highest BCUT2D eigenvalue weighted by Crippen LogP contribution is 2.20. The number of rotatable bonds is 6. The fourth-order valence-electron chi connectivity index (χ4n) is 3.67. The summed E-state index contributed by atoms with van der Waals surface area (Å²) >= 11 is 0. The van der Waals surface area contributed by atoms with Gasteiger partial charge in [0.05, 0.1) is 17.1 Å². The Labute approximate surface area is 205 Å². The van der Waals surface area contributed by atoms with E-state index in [0.717, 1.165) is 11.8 Å². The first kappa shape index (κ1) is 27.4. The van der Waals surface area contributed by atoms with E-state index in [4.69, 9.17) is 0 Å². The van der Waals surface area contributed by atoms with Crippen LogP contribution in [0, 0.1) is 0 Å². The maximum absolute atomic E-state index is 12.6. The number of carbonyl (C=O) groups excluding carboxylic acids is 4. The lowest BCUT2D eigenvalue weighted by atomic mass is 10.0. The lowest BCUT2D eigenvalue weighted by Gasteiger charge is -2.30. The Hall–Kier alpha value is -3.85. The van der Waals surface area contributed by atoms with Crippen LogP contribution in [-0.2, 0) is 16.1 Å². The maximum atomic E-state index is 12.6. The second-order valence-electron chi connectivity index (χ2n) is 7.47. The highest BCUT2D eigenvalue weighted by atomic mass is 16.2. The van der Waals surface area contributed by atoms with Gasteiger partial charge in [-0.05, 0) is 49.4 Å².